The fourth-order valence-corrected chi connectivity index (χ4v) is 6.61. The third-order valence-corrected chi connectivity index (χ3v) is 8.98. The van der Waals surface area contributed by atoms with Gasteiger partial charge in [-0.3, -0.25) is 9.69 Å². The zero-order chi connectivity index (χ0) is 30.0. The fourth-order valence-electron chi connectivity index (χ4n) is 6.61. The van der Waals surface area contributed by atoms with E-state index in [9.17, 15) is 4.79 Å². The molecule has 4 aromatic rings. The Morgan fingerprint density at radius 2 is 1.75 bits per heavy atom. The number of anilines is 1. The number of nitrogens with zero attached hydrogens (tertiary/aromatic N) is 5. The Bertz CT molecular complexity index is 1720. The van der Waals surface area contributed by atoms with Gasteiger partial charge in [0.1, 0.15) is 35.0 Å². The van der Waals surface area contributed by atoms with Crippen molar-refractivity contribution in [3.8, 4) is 34.5 Å². The molecule has 9 heteroatoms. The Kier molecular flexibility index (Phi) is 7.77. The van der Waals surface area contributed by atoms with Crippen LogP contribution in [0, 0.1) is 17.8 Å². The highest BCUT2D eigenvalue weighted by Crippen LogP contribution is 2.40. The van der Waals surface area contributed by atoms with E-state index in [0.29, 0.717) is 25.1 Å². The van der Waals surface area contributed by atoms with Gasteiger partial charge in [0.15, 0.2) is 0 Å². The second-order valence-corrected chi connectivity index (χ2v) is 11.7. The highest BCUT2D eigenvalue weighted by atomic mass is 16.5. The quantitative estimate of drug-likeness (QED) is 0.253. The van der Waals surface area contributed by atoms with Crippen molar-refractivity contribution in [2.24, 2.45) is 5.92 Å². The number of fused-ring (bicyclic) bond motifs is 1. The van der Waals surface area contributed by atoms with Gasteiger partial charge < -0.3 is 24.7 Å². The minimum absolute atomic E-state index is 0.0262. The number of ether oxygens (including phenoxy) is 2. The number of piperidine rings is 1. The molecule has 3 saturated heterocycles. The van der Waals surface area contributed by atoms with Crippen LogP contribution in [-0.2, 0) is 9.53 Å². The first-order valence-corrected chi connectivity index (χ1v) is 15.3. The van der Waals surface area contributed by atoms with E-state index in [1.54, 1.807) is 0 Å². The number of likely N-dealkylation sites (tertiary alicyclic amines) is 2. The molecule has 44 heavy (non-hydrogen) atoms. The van der Waals surface area contributed by atoms with Crippen LogP contribution in [0.3, 0.4) is 0 Å². The fraction of sp³-hybridized carbons (Fsp3) is 0.343. The number of benzene rings is 2. The molecule has 1 unspecified atom stereocenters. The predicted octanol–water partition coefficient (Wildman–Crippen LogP) is 4.89. The molecular formula is C35H36N6O3. The molecule has 9 nitrogen and oxygen atoms in total. The highest BCUT2D eigenvalue weighted by Gasteiger charge is 2.34. The zero-order valence-corrected chi connectivity index (χ0v) is 24.7. The summed E-state index contributed by atoms with van der Waals surface area (Å²) in [5.74, 6) is 9.46. The zero-order valence-electron chi connectivity index (χ0n) is 24.7. The molecule has 0 radical (unpaired) electrons. The summed E-state index contributed by atoms with van der Waals surface area (Å²) < 4.78 is 14.1. The van der Waals surface area contributed by atoms with Gasteiger partial charge >= 0.3 is 0 Å². The Balaban J connectivity index is 1.18. The van der Waals surface area contributed by atoms with Gasteiger partial charge in [0.2, 0.25) is 5.91 Å². The van der Waals surface area contributed by atoms with Crippen molar-refractivity contribution >= 4 is 22.8 Å². The normalized spacial score (nSPS) is 19.4. The van der Waals surface area contributed by atoms with Crippen LogP contribution in [0.1, 0.15) is 31.0 Å². The van der Waals surface area contributed by atoms with E-state index in [-0.39, 0.29) is 17.9 Å². The summed E-state index contributed by atoms with van der Waals surface area (Å²) in [6, 6.07) is 18.4. The van der Waals surface area contributed by atoms with E-state index in [0.717, 1.165) is 84.8 Å². The standard InChI is InChI=1S/C35H36N6O3/c1-2-31(42)39-17-14-26(15-18-39)40-20-24(21-40)8-13-30-32(25-9-11-29(12-10-25)44-28-6-4-3-5-7-28)33-34(36)37-23-38-35(33)41(30)27-16-19-43-22-27/h2-7,9-12,23-24,26-27H,1,14-22H2,(H2,36,37,38). The Morgan fingerprint density at radius 3 is 2.45 bits per heavy atom. The number of nitrogens with two attached hydrogens (primary N) is 1. The number of amides is 1. The molecule has 2 N–H and O–H groups in total. The molecular weight excluding hydrogens is 552 g/mol. The second kappa shape index (κ2) is 12.2. The van der Waals surface area contributed by atoms with E-state index in [2.05, 4.69) is 45.0 Å². The monoisotopic (exact) mass is 588 g/mol. The topological polar surface area (TPSA) is 98.7 Å². The smallest absolute Gasteiger partial charge is 0.245 e. The molecule has 3 aliphatic rings. The number of rotatable bonds is 6. The van der Waals surface area contributed by atoms with Crippen LogP contribution in [0.15, 0.2) is 73.6 Å². The van der Waals surface area contributed by atoms with Gasteiger partial charge in [0.05, 0.1) is 18.0 Å². The van der Waals surface area contributed by atoms with Gasteiger partial charge in [-0.25, -0.2) is 9.97 Å². The van der Waals surface area contributed by atoms with Crippen LogP contribution < -0.4 is 10.5 Å². The Hall–Kier alpha value is -4.65. The van der Waals surface area contributed by atoms with Gasteiger partial charge in [-0.1, -0.05) is 42.8 Å². The van der Waals surface area contributed by atoms with Gasteiger partial charge in [-0.2, -0.15) is 0 Å². The molecule has 1 atom stereocenters. The van der Waals surface area contributed by atoms with E-state index >= 15 is 0 Å². The highest BCUT2D eigenvalue weighted by molar-refractivity contribution is 6.03. The maximum Gasteiger partial charge on any atom is 0.245 e. The molecule has 7 rings (SSSR count). The van der Waals surface area contributed by atoms with Crippen molar-refractivity contribution in [1.29, 1.82) is 0 Å². The third-order valence-electron chi connectivity index (χ3n) is 8.98. The third kappa shape index (κ3) is 5.43. The maximum absolute atomic E-state index is 12.0. The average molecular weight is 589 g/mol. The lowest BCUT2D eigenvalue weighted by Gasteiger charge is -2.45. The minimum atomic E-state index is 0.0262. The minimum Gasteiger partial charge on any atom is -0.457 e. The van der Waals surface area contributed by atoms with Crippen LogP contribution in [0.25, 0.3) is 22.2 Å². The van der Waals surface area contributed by atoms with E-state index in [1.807, 2.05) is 47.4 Å². The Labute approximate surface area is 257 Å². The first kappa shape index (κ1) is 28.1. The molecule has 0 spiro atoms. The van der Waals surface area contributed by atoms with E-state index in [4.69, 9.17) is 20.2 Å². The summed E-state index contributed by atoms with van der Waals surface area (Å²) in [5.41, 5.74) is 10.1. The number of carbonyl (C=O) groups excluding carboxylic acids is 1. The summed E-state index contributed by atoms with van der Waals surface area (Å²) in [6.45, 7) is 8.37. The summed E-state index contributed by atoms with van der Waals surface area (Å²) in [5, 5.41) is 0.816. The maximum atomic E-state index is 12.0. The molecule has 2 aromatic carbocycles. The average Bonchev–Trinajstić information content (AvgIpc) is 3.68. The molecule has 3 aliphatic heterocycles. The number of aromatic nitrogens is 3. The predicted molar refractivity (Wildman–Crippen MR) is 170 cm³/mol. The molecule has 3 fully saturated rings. The second-order valence-electron chi connectivity index (χ2n) is 11.7. The summed E-state index contributed by atoms with van der Waals surface area (Å²) in [4.78, 5) is 25.4. The number of carbonyl (C=O) groups is 1. The Morgan fingerprint density at radius 1 is 1.00 bits per heavy atom. The first-order valence-electron chi connectivity index (χ1n) is 15.3. The lowest BCUT2D eigenvalue weighted by Crippen LogP contribution is -2.55. The summed E-state index contributed by atoms with van der Waals surface area (Å²) in [6.07, 6.45) is 5.80. The van der Waals surface area contributed by atoms with Gasteiger partial charge in [-0.05, 0) is 61.1 Å². The molecule has 5 heterocycles. The van der Waals surface area contributed by atoms with Gasteiger partial charge in [0, 0.05) is 50.3 Å². The lowest BCUT2D eigenvalue weighted by molar-refractivity contribution is -0.127. The summed E-state index contributed by atoms with van der Waals surface area (Å²) in [7, 11) is 0. The summed E-state index contributed by atoms with van der Waals surface area (Å²) >= 11 is 0. The number of para-hydroxylation sites is 1. The number of nitrogen functional groups attached to an aromatic ring is 1. The van der Waals surface area contributed by atoms with Crippen LogP contribution in [0.2, 0.25) is 0 Å². The van der Waals surface area contributed by atoms with Crippen molar-refractivity contribution in [2.45, 2.75) is 31.3 Å². The van der Waals surface area contributed by atoms with Gasteiger partial charge in [0.25, 0.3) is 0 Å². The van der Waals surface area contributed by atoms with E-state index < -0.39 is 0 Å². The van der Waals surface area contributed by atoms with Crippen molar-refractivity contribution in [1.82, 2.24) is 24.3 Å². The van der Waals surface area contributed by atoms with Crippen LogP contribution in [-0.4, -0.2) is 75.7 Å². The van der Waals surface area contributed by atoms with Crippen molar-refractivity contribution < 1.29 is 14.3 Å². The van der Waals surface area contributed by atoms with Crippen molar-refractivity contribution in [3.63, 3.8) is 0 Å². The molecule has 224 valence electrons. The number of hydrogen-bond donors (Lipinski definition) is 1. The lowest BCUT2D eigenvalue weighted by atomic mass is 9.93. The first-order chi connectivity index (χ1) is 21.6. The number of hydrogen-bond acceptors (Lipinski definition) is 7. The molecule has 0 saturated carbocycles. The van der Waals surface area contributed by atoms with Crippen molar-refractivity contribution in [2.75, 3.05) is 45.1 Å². The van der Waals surface area contributed by atoms with Crippen LogP contribution in [0.4, 0.5) is 5.82 Å². The molecule has 0 bridgehead atoms. The van der Waals surface area contributed by atoms with Crippen LogP contribution in [0.5, 0.6) is 11.5 Å². The molecule has 0 aliphatic carbocycles. The SMILES string of the molecule is C=CC(=O)N1CCC(N2CC(C#Cc3c(-c4ccc(Oc5ccccc5)cc4)c4c(N)ncnc4n3C3CCOC3)C2)CC1. The van der Waals surface area contributed by atoms with Gasteiger partial charge in [-0.15, -0.1) is 0 Å². The largest absolute Gasteiger partial charge is 0.457 e. The van der Waals surface area contributed by atoms with Crippen LogP contribution >= 0.6 is 0 Å². The molecule has 1 amide bonds. The van der Waals surface area contributed by atoms with Crippen molar-refractivity contribution in [3.05, 3.63) is 79.3 Å². The van der Waals surface area contributed by atoms with E-state index in [1.165, 1.54) is 12.4 Å². The molecule has 2 aromatic heterocycles.